The lowest BCUT2D eigenvalue weighted by Gasteiger charge is -2.16. The molecule has 154 valence electrons. The van der Waals surface area contributed by atoms with Gasteiger partial charge in [-0.15, -0.1) is 0 Å². The fourth-order valence-corrected chi connectivity index (χ4v) is 3.07. The molecule has 0 bridgehead atoms. The zero-order valence-corrected chi connectivity index (χ0v) is 17.0. The van der Waals surface area contributed by atoms with Gasteiger partial charge in [-0.1, -0.05) is 54.1 Å². The molecule has 1 unspecified atom stereocenters. The lowest BCUT2D eigenvalue weighted by molar-refractivity contribution is -0.128. The van der Waals surface area contributed by atoms with Crippen molar-refractivity contribution in [1.82, 2.24) is 5.32 Å². The molecule has 2 aromatic carbocycles. The summed E-state index contributed by atoms with van der Waals surface area (Å²) < 4.78 is 10.5. The van der Waals surface area contributed by atoms with E-state index in [1.165, 1.54) is 13.0 Å². The average molecular weight is 426 g/mol. The van der Waals surface area contributed by atoms with Gasteiger partial charge in [0, 0.05) is 5.56 Å². The number of esters is 1. The van der Waals surface area contributed by atoms with E-state index >= 15 is 0 Å². The highest BCUT2D eigenvalue weighted by atomic mass is 35.5. The van der Waals surface area contributed by atoms with E-state index in [0.29, 0.717) is 22.8 Å². The number of carbonyl (C=O) groups is 3. The molecule has 0 spiro atoms. The number of nitrogens with one attached hydrogen (secondary N) is 1. The van der Waals surface area contributed by atoms with Gasteiger partial charge in [-0.25, -0.2) is 4.79 Å². The summed E-state index contributed by atoms with van der Waals surface area (Å²) in [6.45, 7) is 0.874. The molecule has 3 rings (SSSR count). The second kappa shape index (κ2) is 9.89. The summed E-state index contributed by atoms with van der Waals surface area (Å²) in [6.07, 6.45) is 0.356. The number of rotatable bonds is 8. The Morgan fingerprint density at radius 3 is 2.40 bits per heavy atom. The number of furan rings is 1. The van der Waals surface area contributed by atoms with Crippen LogP contribution in [-0.2, 0) is 20.7 Å². The topological polar surface area (TPSA) is 85.6 Å². The summed E-state index contributed by atoms with van der Waals surface area (Å²) in [7, 11) is 0. The van der Waals surface area contributed by atoms with Gasteiger partial charge >= 0.3 is 5.97 Å². The lowest BCUT2D eigenvalue weighted by Crippen LogP contribution is -2.43. The van der Waals surface area contributed by atoms with Crippen LogP contribution in [0.5, 0.6) is 0 Å². The highest BCUT2D eigenvalue weighted by Crippen LogP contribution is 2.29. The molecule has 1 amide bonds. The smallest absolute Gasteiger partial charge is 0.374 e. The molecule has 0 radical (unpaired) electrons. The van der Waals surface area contributed by atoms with E-state index in [1.807, 2.05) is 30.3 Å². The minimum absolute atomic E-state index is 0.0508. The number of ether oxygens (including phenoxy) is 1. The summed E-state index contributed by atoms with van der Waals surface area (Å²) in [6, 6.07) is 18.7. The summed E-state index contributed by atoms with van der Waals surface area (Å²) >= 11 is 6.13. The third kappa shape index (κ3) is 5.58. The van der Waals surface area contributed by atoms with E-state index < -0.39 is 24.5 Å². The zero-order valence-electron chi connectivity index (χ0n) is 16.3. The second-order valence-corrected chi connectivity index (χ2v) is 7.05. The molecule has 0 aliphatic carbocycles. The van der Waals surface area contributed by atoms with Crippen molar-refractivity contribution in [3.63, 3.8) is 0 Å². The first-order valence-corrected chi connectivity index (χ1v) is 9.67. The van der Waals surface area contributed by atoms with Gasteiger partial charge in [-0.2, -0.15) is 0 Å². The van der Waals surface area contributed by atoms with Crippen LogP contribution in [0.4, 0.5) is 0 Å². The Morgan fingerprint density at radius 2 is 1.70 bits per heavy atom. The Labute approximate surface area is 178 Å². The maximum absolute atomic E-state index is 12.2. The first kappa shape index (κ1) is 21.3. The summed E-state index contributed by atoms with van der Waals surface area (Å²) in [5.41, 5.74) is 1.55. The molecule has 1 N–H and O–H groups in total. The number of amides is 1. The minimum atomic E-state index is -0.786. The monoisotopic (exact) mass is 425 g/mol. The van der Waals surface area contributed by atoms with Crippen LogP contribution >= 0.6 is 11.6 Å². The highest BCUT2D eigenvalue weighted by molar-refractivity contribution is 6.33. The molecule has 0 aliphatic rings. The van der Waals surface area contributed by atoms with Crippen LogP contribution in [0, 0.1) is 0 Å². The Kier molecular flexibility index (Phi) is 7.03. The standard InChI is InChI=1S/C23H20ClNO5/c1-15(26)19(13-16-7-3-2-4-8-16)25-22(27)14-29-23(28)21-12-11-20(30-21)17-9-5-6-10-18(17)24/h2-12,19H,13-14H2,1H3,(H,25,27). The number of carbonyl (C=O) groups excluding carboxylic acids is 3. The van der Waals surface area contributed by atoms with Gasteiger partial charge < -0.3 is 14.5 Å². The van der Waals surface area contributed by atoms with Gasteiger partial charge in [0.25, 0.3) is 5.91 Å². The van der Waals surface area contributed by atoms with E-state index in [0.717, 1.165) is 5.56 Å². The molecular weight excluding hydrogens is 406 g/mol. The van der Waals surface area contributed by atoms with E-state index in [-0.39, 0.29) is 11.5 Å². The average Bonchev–Trinajstić information content (AvgIpc) is 3.22. The summed E-state index contributed by atoms with van der Waals surface area (Å²) in [4.78, 5) is 36.2. The van der Waals surface area contributed by atoms with Crippen LogP contribution < -0.4 is 5.32 Å². The number of hydrogen-bond donors (Lipinski definition) is 1. The normalized spacial score (nSPS) is 11.5. The van der Waals surface area contributed by atoms with Crippen molar-refractivity contribution in [1.29, 1.82) is 0 Å². The van der Waals surface area contributed by atoms with Crippen LogP contribution in [0.25, 0.3) is 11.3 Å². The number of hydrogen-bond acceptors (Lipinski definition) is 5. The molecule has 1 aromatic heterocycles. The van der Waals surface area contributed by atoms with Gasteiger partial charge in [-0.3, -0.25) is 9.59 Å². The summed E-state index contributed by atoms with van der Waals surface area (Å²) in [5.74, 6) is -1.18. The molecular formula is C23H20ClNO5. The number of halogens is 1. The molecule has 3 aromatic rings. The van der Waals surface area contributed by atoms with Crippen LogP contribution in [-0.4, -0.2) is 30.3 Å². The van der Waals surface area contributed by atoms with Crippen molar-refractivity contribution in [2.45, 2.75) is 19.4 Å². The van der Waals surface area contributed by atoms with Crippen LogP contribution in [0.2, 0.25) is 5.02 Å². The zero-order chi connectivity index (χ0) is 21.5. The minimum Gasteiger partial charge on any atom is -0.450 e. The predicted molar refractivity (Wildman–Crippen MR) is 112 cm³/mol. The largest absolute Gasteiger partial charge is 0.450 e. The van der Waals surface area contributed by atoms with Crippen LogP contribution in [0.1, 0.15) is 23.0 Å². The summed E-state index contributed by atoms with van der Waals surface area (Å²) in [5, 5.41) is 3.08. The van der Waals surface area contributed by atoms with Gasteiger partial charge in [0.2, 0.25) is 5.76 Å². The maximum atomic E-state index is 12.2. The maximum Gasteiger partial charge on any atom is 0.374 e. The quantitative estimate of drug-likeness (QED) is 0.550. The van der Waals surface area contributed by atoms with Crippen LogP contribution in [0.3, 0.4) is 0 Å². The Balaban J connectivity index is 1.56. The molecule has 0 fully saturated rings. The van der Waals surface area contributed by atoms with E-state index in [4.69, 9.17) is 20.8 Å². The van der Waals surface area contributed by atoms with Crippen molar-refractivity contribution < 1.29 is 23.5 Å². The molecule has 7 heteroatoms. The first-order valence-electron chi connectivity index (χ1n) is 9.29. The highest BCUT2D eigenvalue weighted by Gasteiger charge is 2.20. The first-order chi connectivity index (χ1) is 14.4. The fourth-order valence-electron chi connectivity index (χ4n) is 2.84. The predicted octanol–water partition coefficient (Wildman–Crippen LogP) is 4.07. The molecule has 30 heavy (non-hydrogen) atoms. The number of Topliss-reactive ketones (excluding diaryl/α,β-unsaturated/α-hetero) is 1. The van der Waals surface area contributed by atoms with E-state index in [1.54, 1.807) is 30.3 Å². The van der Waals surface area contributed by atoms with Crippen molar-refractivity contribution in [2.24, 2.45) is 0 Å². The van der Waals surface area contributed by atoms with Gasteiger partial charge in [0.15, 0.2) is 12.4 Å². The van der Waals surface area contributed by atoms with Gasteiger partial charge in [-0.05, 0) is 43.2 Å². The SMILES string of the molecule is CC(=O)C(Cc1ccccc1)NC(=O)COC(=O)c1ccc(-c2ccccc2Cl)o1. The fraction of sp³-hybridized carbons (Fsp3) is 0.174. The molecule has 1 atom stereocenters. The molecule has 0 saturated heterocycles. The van der Waals surface area contributed by atoms with Crippen molar-refractivity contribution in [2.75, 3.05) is 6.61 Å². The van der Waals surface area contributed by atoms with Crippen molar-refractivity contribution in [3.8, 4) is 11.3 Å². The number of benzene rings is 2. The molecule has 1 heterocycles. The van der Waals surface area contributed by atoms with E-state index in [9.17, 15) is 14.4 Å². The van der Waals surface area contributed by atoms with Crippen molar-refractivity contribution >= 4 is 29.3 Å². The van der Waals surface area contributed by atoms with Crippen LogP contribution in [0.15, 0.2) is 71.1 Å². The Morgan fingerprint density at radius 1 is 1.00 bits per heavy atom. The lowest BCUT2D eigenvalue weighted by atomic mass is 10.0. The number of ketones is 1. The molecule has 0 saturated carbocycles. The molecule has 6 nitrogen and oxygen atoms in total. The second-order valence-electron chi connectivity index (χ2n) is 6.64. The third-order valence-corrected chi connectivity index (χ3v) is 4.72. The van der Waals surface area contributed by atoms with Crippen molar-refractivity contribution in [3.05, 3.63) is 83.1 Å². The van der Waals surface area contributed by atoms with E-state index in [2.05, 4.69) is 5.32 Å². The Bertz CT molecular complexity index is 1040. The van der Waals surface area contributed by atoms with Gasteiger partial charge in [0.1, 0.15) is 5.76 Å². The molecule has 0 aliphatic heterocycles. The third-order valence-electron chi connectivity index (χ3n) is 4.39. The van der Waals surface area contributed by atoms with Gasteiger partial charge in [0.05, 0.1) is 11.1 Å². The Hall–Kier alpha value is -3.38.